The Bertz CT molecular complexity index is 1280. The molecule has 0 radical (unpaired) electrons. The molecule has 0 bridgehead atoms. The molecular weight excluding hydrogens is 486 g/mol. The van der Waals surface area contributed by atoms with Gasteiger partial charge in [-0.25, -0.2) is 14.6 Å². The molecule has 0 N–H and O–H groups in total. The fourth-order valence-electron chi connectivity index (χ4n) is 3.87. The molecule has 0 unspecified atom stereocenters. The van der Waals surface area contributed by atoms with E-state index < -0.39 is 42.4 Å². The molecule has 194 valence electrons. The zero-order valence-electron chi connectivity index (χ0n) is 20.6. The van der Waals surface area contributed by atoms with E-state index in [1.165, 1.54) is 51.2 Å². The summed E-state index contributed by atoms with van der Waals surface area (Å²) in [5, 5.41) is 4.59. The zero-order chi connectivity index (χ0) is 26.5. The van der Waals surface area contributed by atoms with Crippen LogP contribution in [-0.4, -0.2) is 74.7 Å². The van der Waals surface area contributed by atoms with Gasteiger partial charge in [0.1, 0.15) is 24.2 Å². The normalized spacial score (nSPS) is 20.8. The first-order valence-corrected chi connectivity index (χ1v) is 11.3. The van der Waals surface area contributed by atoms with Crippen LogP contribution in [0, 0.1) is 0 Å². The van der Waals surface area contributed by atoms with Crippen molar-refractivity contribution in [2.24, 2.45) is 0 Å². The van der Waals surface area contributed by atoms with Crippen LogP contribution in [0.3, 0.4) is 0 Å². The summed E-state index contributed by atoms with van der Waals surface area (Å²) in [7, 11) is 1.54. The van der Waals surface area contributed by atoms with Crippen molar-refractivity contribution in [1.82, 2.24) is 24.7 Å². The van der Waals surface area contributed by atoms with E-state index in [0.717, 1.165) is 0 Å². The van der Waals surface area contributed by atoms with E-state index in [2.05, 4.69) is 20.1 Å². The smallest absolute Gasteiger partial charge is 0.303 e. The van der Waals surface area contributed by atoms with Crippen LogP contribution in [0.5, 0.6) is 5.75 Å². The second-order valence-electron chi connectivity index (χ2n) is 8.04. The standard InChI is InChI=1S/C24H25N5O8/c1-13(30)34-12-19-20(35-14(2)31)21(36-15(3)32)24(37-19)29-23(16-6-5-7-17(10-16)33-4)27-22(28-29)18-11-25-8-9-26-18/h5-11,19-21,24H,12H2,1-4H3/t19-,20-,21-,24-/m1/s1. The Labute approximate surface area is 211 Å². The molecule has 0 saturated carbocycles. The van der Waals surface area contributed by atoms with Crippen molar-refractivity contribution in [3.05, 3.63) is 42.9 Å². The summed E-state index contributed by atoms with van der Waals surface area (Å²) in [5.74, 6) is -0.699. The third-order valence-electron chi connectivity index (χ3n) is 5.33. The highest BCUT2D eigenvalue weighted by Gasteiger charge is 2.51. The van der Waals surface area contributed by atoms with Crippen molar-refractivity contribution in [3.8, 4) is 28.7 Å². The highest BCUT2D eigenvalue weighted by atomic mass is 16.7. The molecule has 1 aromatic carbocycles. The molecule has 13 nitrogen and oxygen atoms in total. The summed E-state index contributed by atoms with van der Waals surface area (Å²) in [6, 6.07) is 7.09. The minimum Gasteiger partial charge on any atom is -0.497 e. The van der Waals surface area contributed by atoms with Gasteiger partial charge in [-0.3, -0.25) is 19.4 Å². The number of benzene rings is 1. The predicted octanol–water partition coefficient (Wildman–Crippen LogP) is 1.73. The van der Waals surface area contributed by atoms with E-state index >= 15 is 0 Å². The first kappa shape index (κ1) is 25.7. The molecule has 3 heterocycles. The van der Waals surface area contributed by atoms with Crippen LogP contribution in [0.25, 0.3) is 22.9 Å². The molecule has 2 aromatic heterocycles. The van der Waals surface area contributed by atoms with Crippen molar-refractivity contribution in [3.63, 3.8) is 0 Å². The summed E-state index contributed by atoms with van der Waals surface area (Å²) in [4.78, 5) is 48.4. The monoisotopic (exact) mass is 511 g/mol. The summed E-state index contributed by atoms with van der Waals surface area (Å²) in [6.07, 6.45) is 0.233. The van der Waals surface area contributed by atoms with Crippen molar-refractivity contribution in [2.45, 2.75) is 45.3 Å². The fourth-order valence-corrected chi connectivity index (χ4v) is 3.87. The number of hydrogen-bond acceptors (Lipinski definition) is 12. The van der Waals surface area contributed by atoms with Gasteiger partial charge in [-0.1, -0.05) is 12.1 Å². The lowest BCUT2D eigenvalue weighted by Gasteiger charge is -2.23. The highest BCUT2D eigenvalue weighted by molar-refractivity contribution is 5.68. The summed E-state index contributed by atoms with van der Waals surface area (Å²) < 4.78 is 29.1. The molecule has 0 spiro atoms. The van der Waals surface area contributed by atoms with Gasteiger partial charge in [0, 0.05) is 38.7 Å². The molecule has 4 atom stereocenters. The molecule has 1 aliphatic rings. The van der Waals surface area contributed by atoms with Crippen LogP contribution >= 0.6 is 0 Å². The highest BCUT2D eigenvalue weighted by Crippen LogP contribution is 2.37. The molecule has 13 heteroatoms. The minimum atomic E-state index is -1.14. The van der Waals surface area contributed by atoms with E-state index in [-0.39, 0.29) is 12.4 Å². The molecule has 4 rings (SSSR count). The van der Waals surface area contributed by atoms with Gasteiger partial charge in [0.2, 0.25) is 5.82 Å². The van der Waals surface area contributed by atoms with Gasteiger partial charge in [0.05, 0.1) is 13.3 Å². The lowest BCUT2D eigenvalue weighted by molar-refractivity contribution is -0.166. The van der Waals surface area contributed by atoms with E-state index in [4.69, 9.17) is 23.7 Å². The van der Waals surface area contributed by atoms with E-state index in [1.807, 2.05) is 0 Å². The lowest BCUT2D eigenvalue weighted by Crippen LogP contribution is -2.40. The fraction of sp³-hybridized carbons (Fsp3) is 0.375. The maximum Gasteiger partial charge on any atom is 0.303 e. The number of nitrogens with zero attached hydrogens (tertiary/aromatic N) is 5. The Balaban J connectivity index is 1.84. The van der Waals surface area contributed by atoms with E-state index in [9.17, 15) is 14.4 Å². The largest absolute Gasteiger partial charge is 0.497 e. The first-order valence-electron chi connectivity index (χ1n) is 11.3. The molecule has 1 aliphatic heterocycles. The van der Waals surface area contributed by atoms with Crippen molar-refractivity contribution < 1.29 is 38.1 Å². The minimum absolute atomic E-state index is 0.226. The van der Waals surface area contributed by atoms with Gasteiger partial charge in [-0.2, -0.15) is 0 Å². The number of rotatable bonds is 8. The lowest BCUT2D eigenvalue weighted by atomic mass is 10.1. The average molecular weight is 511 g/mol. The van der Waals surface area contributed by atoms with Gasteiger partial charge in [-0.15, -0.1) is 5.10 Å². The quantitative estimate of drug-likeness (QED) is 0.319. The third kappa shape index (κ3) is 5.89. The second kappa shape index (κ2) is 11.1. The van der Waals surface area contributed by atoms with Crippen LogP contribution in [0.4, 0.5) is 0 Å². The first-order chi connectivity index (χ1) is 17.8. The predicted molar refractivity (Wildman–Crippen MR) is 125 cm³/mol. The number of carbonyl (C=O) groups is 3. The Hall–Kier alpha value is -4.39. The topological polar surface area (TPSA) is 154 Å². The van der Waals surface area contributed by atoms with Crippen molar-refractivity contribution in [2.75, 3.05) is 13.7 Å². The Morgan fingerprint density at radius 2 is 1.78 bits per heavy atom. The molecule has 0 amide bonds. The maximum absolute atomic E-state index is 12.1. The number of esters is 3. The summed E-state index contributed by atoms with van der Waals surface area (Å²) >= 11 is 0. The molecular formula is C24H25N5O8. The Kier molecular flexibility index (Phi) is 7.72. The summed E-state index contributed by atoms with van der Waals surface area (Å²) in [6.45, 7) is 3.42. The average Bonchev–Trinajstić information content (AvgIpc) is 3.45. The number of aromatic nitrogens is 5. The van der Waals surface area contributed by atoms with Gasteiger partial charge in [0.25, 0.3) is 0 Å². The van der Waals surface area contributed by atoms with Crippen molar-refractivity contribution >= 4 is 17.9 Å². The van der Waals surface area contributed by atoms with E-state index in [0.29, 0.717) is 22.8 Å². The number of carbonyl (C=O) groups excluding carboxylic acids is 3. The molecule has 1 saturated heterocycles. The molecule has 1 fully saturated rings. The zero-order valence-corrected chi connectivity index (χ0v) is 20.6. The van der Waals surface area contributed by atoms with Crippen LogP contribution in [0.1, 0.15) is 27.0 Å². The molecule has 0 aliphatic carbocycles. The van der Waals surface area contributed by atoms with Crippen LogP contribution in [0.2, 0.25) is 0 Å². The Morgan fingerprint density at radius 1 is 1.03 bits per heavy atom. The van der Waals surface area contributed by atoms with Crippen LogP contribution in [0.15, 0.2) is 42.9 Å². The van der Waals surface area contributed by atoms with Gasteiger partial charge in [-0.05, 0) is 12.1 Å². The third-order valence-corrected chi connectivity index (χ3v) is 5.33. The molecule has 37 heavy (non-hydrogen) atoms. The van der Waals surface area contributed by atoms with Gasteiger partial charge in [0.15, 0.2) is 24.3 Å². The number of methoxy groups -OCH3 is 1. The summed E-state index contributed by atoms with van der Waals surface area (Å²) in [5.41, 5.74) is 1.00. The SMILES string of the molecule is COc1cccc(-c2nc(-c3cnccn3)nn2[C@@H]2O[C@H](COC(C)=O)[C@@H](OC(C)=O)[C@H]2OC(C)=O)c1. The van der Waals surface area contributed by atoms with Gasteiger partial charge < -0.3 is 23.7 Å². The molecule has 3 aromatic rings. The number of ether oxygens (including phenoxy) is 5. The van der Waals surface area contributed by atoms with E-state index in [1.54, 1.807) is 24.3 Å². The second-order valence-corrected chi connectivity index (χ2v) is 8.04. The van der Waals surface area contributed by atoms with Gasteiger partial charge >= 0.3 is 17.9 Å². The van der Waals surface area contributed by atoms with Crippen LogP contribution < -0.4 is 4.74 Å². The maximum atomic E-state index is 12.1. The number of hydrogen-bond donors (Lipinski definition) is 0. The van der Waals surface area contributed by atoms with Crippen molar-refractivity contribution in [1.29, 1.82) is 0 Å². The Morgan fingerprint density at radius 3 is 2.43 bits per heavy atom. The van der Waals surface area contributed by atoms with Crippen LogP contribution in [-0.2, 0) is 33.3 Å².